The lowest BCUT2D eigenvalue weighted by molar-refractivity contribution is 0.0947. The van der Waals surface area contributed by atoms with Gasteiger partial charge in [0.1, 0.15) is 5.82 Å². The minimum absolute atomic E-state index is 0.0873. The number of nitrogens with one attached hydrogen (secondary N) is 1. The lowest BCUT2D eigenvalue weighted by Gasteiger charge is -2.36. The summed E-state index contributed by atoms with van der Waals surface area (Å²) in [5.74, 6) is -1.07. The number of halogens is 3. The predicted octanol–water partition coefficient (Wildman–Crippen LogP) is 4.07. The summed E-state index contributed by atoms with van der Waals surface area (Å²) >= 11 is 11.8. The fraction of sp³-hybridized carbons (Fsp3) is 0.350. The van der Waals surface area contributed by atoms with Crippen LogP contribution in [0.15, 0.2) is 42.5 Å². The van der Waals surface area contributed by atoms with Gasteiger partial charge in [-0.1, -0.05) is 29.3 Å². The first-order chi connectivity index (χ1) is 13.0. The Morgan fingerprint density at radius 3 is 2.41 bits per heavy atom. The van der Waals surface area contributed by atoms with Crippen molar-refractivity contribution < 1.29 is 9.18 Å². The van der Waals surface area contributed by atoms with E-state index >= 15 is 0 Å². The van der Waals surface area contributed by atoms with E-state index in [9.17, 15) is 9.18 Å². The van der Waals surface area contributed by atoms with Gasteiger partial charge in [-0.25, -0.2) is 4.39 Å². The van der Waals surface area contributed by atoms with Gasteiger partial charge in [0.05, 0.1) is 10.6 Å². The van der Waals surface area contributed by atoms with E-state index in [1.807, 2.05) is 24.3 Å². The summed E-state index contributed by atoms with van der Waals surface area (Å²) < 4.78 is 13.7. The highest BCUT2D eigenvalue weighted by atomic mass is 35.5. The Hall–Kier alpha value is -1.82. The van der Waals surface area contributed by atoms with Crippen molar-refractivity contribution >= 4 is 34.8 Å². The van der Waals surface area contributed by atoms with E-state index in [4.69, 9.17) is 23.2 Å². The molecule has 0 saturated carbocycles. The van der Waals surface area contributed by atoms with Gasteiger partial charge in [0.15, 0.2) is 0 Å². The van der Waals surface area contributed by atoms with E-state index in [0.717, 1.165) is 44.2 Å². The maximum absolute atomic E-state index is 13.7. The summed E-state index contributed by atoms with van der Waals surface area (Å²) in [5, 5.41) is 3.62. The van der Waals surface area contributed by atoms with Crippen molar-refractivity contribution in [1.29, 1.82) is 0 Å². The number of amides is 1. The molecule has 2 aromatic rings. The van der Waals surface area contributed by atoms with Gasteiger partial charge in [-0.15, -0.1) is 0 Å². The van der Waals surface area contributed by atoms with Crippen LogP contribution in [0.2, 0.25) is 10.0 Å². The lowest BCUT2D eigenvalue weighted by atomic mass is 10.2. The van der Waals surface area contributed by atoms with Gasteiger partial charge in [0.25, 0.3) is 5.91 Å². The molecule has 0 aromatic heterocycles. The Morgan fingerprint density at radius 1 is 1.04 bits per heavy atom. The molecular formula is C20H22Cl2FN3O. The topological polar surface area (TPSA) is 35.6 Å². The fourth-order valence-corrected chi connectivity index (χ4v) is 3.56. The van der Waals surface area contributed by atoms with Gasteiger partial charge in [0.2, 0.25) is 0 Å². The molecule has 1 fully saturated rings. The number of anilines is 1. The summed E-state index contributed by atoms with van der Waals surface area (Å²) in [7, 11) is 0. The number of hydrogen-bond donors (Lipinski definition) is 1. The molecular weight excluding hydrogens is 388 g/mol. The maximum Gasteiger partial charge on any atom is 0.255 e. The molecule has 1 heterocycles. The van der Waals surface area contributed by atoms with Crippen molar-refractivity contribution in [2.24, 2.45) is 0 Å². The first-order valence-electron chi connectivity index (χ1n) is 8.99. The molecule has 0 atom stereocenters. The molecule has 0 radical (unpaired) electrons. The zero-order valence-corrected chi connectivity index (χ0v) is 16.4. The van der Waals surface area contributed by atoms with Crippen molar-refractivity contribution in [2.75, 3.05) is 44.2 Å². The normalized spacial score (nSPS) is 15.0. The van der Waals surface area contributed by atoms with Crippen LogP contribution in [0.1, 0.15) is 16.8 Å². The van der Waals surface area contributed by atoms with Crippen LogP contribution in [0.25, 0.3) is 0 Å². The zero-order valence-electron chi connectivity index (χ0n) is 14.9. The highest BCUT2D eigenvalue weighted by Gasteiger charge is 2.18. The number of carbonyl (C=O) groups is 1. The SMILES string of the molecule is O=C(NCCCN1CCN(c2ccc(Cl)cc2)CC1)c1c(F)cccc1Cl. The predicted molar refractivity (Wildman–Crippen MR) is 108 cm³/mol. The van der Waals surface area contributed by atoms with Crippen molar-refractivity contribution in [3.8, 4) is 0 Å². The Kier molecular flexibility index (Phi) is 6.94. The van der Waals surface area contributed by atoms with E-state index in [1.165, 1.54) is 23.9 Å². The second kappa shape index (κ2) is 9.40. The first kappa shape index (κ1) is 19.9. The molecule has 0 unspecified atom stereocenters. The third kappa shape index (κ3) is 5.34. The van der Waals surface area contributed by atoms with Gasteiger partial charge < -0.3 is 10.2 Å². The Bertz CT molecular complexity index is 757. The van der Waals surface area contributed by atoms with Crippen LogP contribution in [0, 0.1) is 5.82 Å². The number of rotatable bonds is 6. The lowest BCUT2D eigenvalue weighted by Crippen LogP contribution is -2.47. The van der Waals surface area contributed by atoms with E-state index in [-0.39, 0.29) is 10.6 Å². The largest absolute Gasteiger partial charge is 0.369 e. The summed E-state index contributed by atoms with van der Waals surface area (Å²) in [4.78, 5) is 16.8. The zero-order chi connectivity index (χ0) is 19.2. The quantitative estimate of drug-likeness (QED) is 0.730. The Morgan fingerprint density at radius 2 is 1.74 bits per heavy atom. The van der Waals surface area contributed by atoms with Crippen LogP contribution < -0.4 is 10.2 Å². The summed E-state index contributed by atoms with van der Waals surface area (Å²) in [6.07, 6.45) is 0.804. The Balaban J connectivity index is 1.38. The van der Waals surface area contributed by atoms with Crippen LogP contribution in [0.5, 0.6) is 0 Å². The fourth-order valence-electron chi connectivity index (χ4n) is 3.19. The van der Waals surface area contributed by atoms with Crippen molar-refractivity contribution in [1.82, 2.24) is 10.2 Å². The highest BCUT2D eigenvalue weighted by molar-refractivity contribution is 6.33. The van der Waals surface area contributed by atoms with E-state index < -0.39 is 11.7 Å². The summed E-state index contributed by atoms with van der Waals surface area (Å²) in [6, 6.07) is 12.1. The molecule has 0 aliphatic carbocycles. The molecule has 3 rings (SSSR count). The van der Waals surface area contributed by atoms with Crippen LogP contribution >= 0.6 is 23.2 Å². The molecule has 1 amide bonds. The minimum Gasteiger partial charge on any atom is -0.369 e. The molecule has 1 aliphatic heterocycles. The number of piperazine rings is 1. The number of carbonyl (C=O) groups excluding carboxylic acids is 1. The van der Waals surface area contributed by atoms with Gasteiger partial charge >= 0.3 is 0 Å². The van der Waals surface area contributed by atoms with E-state index in [0.29, 0.717) is 6.54 Å². The Labute approximate surface area is 168 Å². The van der Waals surface area contributed by atoms with Crippen LogP contribution in [-0.2, 0) is 0 Å². The van der Waals surface area contributed by atoms with Gasteiger partial charge in [-0.05, 0) is 49.4 Å². The maximum atomic E-state index is 13.7. The summed E-state index contributed by atoms with van der Waals surface area (Å²) in [5.41, 5.74) is 1.10. The third-order valence-corrected chi connectivity index (χ3v) is 5.26. The van der Waals surface area contributed by atoms with Crippen LogP contribution in [0.3, 0.4) is 0 Å². The van der Waals surface area contributed by atoms with Gasteiger partial charge in [-0.2, -0.15) is 0 Å². The first-order valence-corrected chi connectivity index (χ1v) is 9.75. The average Bonchev–Trinajstić information content (AvgIpc) is 2.66. The van der Waals surface area contributed by atoms with Crippen molar-refractivity contribution in [3.63, 3.8) is 0 Å². The molecule has 1 saturated heterocycles. The van der Waals surface area contributed by atoms with Crippen LogP contribution in [0.4, 0.5) is 10.1 Å². The molecule has 7 heteroatoms. The molecule has 144 valence electrons. The van der Waals surface area contributed by atoms with Gasteiger partial charge in [-0.3, -0.25) is 9.69 Å². The molecule has 27 heavy (non-hydrogen) atoms. The van der Waals surface area contributed by atoms with Crippen molar-refractivity contribution in [2.45, 2.75) is 6.42 Å². The summed E-state index contributed by atoms with van der Waals surface area (Å²) in [6.45, 7) is 5.23. The van der Waals surface area contributed by atoms with E-state index in [1.54, 1.807) is 0 Å². The molecule has 2 aromatic carbocycles. The second-order valence-corrected chi connectivity index (χ2v) is 7.35. The molecule has 0 spiro atoms. The second-order valence-electron chi connectivity index (χ2n) is 6.51. The molecule has 1 N–H and O–H groups in total. The molecule has 0 bridgehead atoms. The van der Waals surface area contributed by atoms with Crippen LogP contribution in [-0.4, -0.2) is 50.1 Å². The molecule has 1 aliphatic rings. The monoisotopic (exact) mass is 409 g/mol. The van der Waals surface area contributed by atoms with Gasteiger partial charge in [0, 0.05) is 43.4 Å². The highest BCUT2D eigenvalue weighted by Crippen LogP contribution is 2.20. The van der Waals surface area contributed by atoms with E-state index in [2.05, 4.69) is 15.1 Å². The minimum atomic E-state index is -0.599. The standard InChI is InChI=1S/C20H22Cl2FN3O/c21-15-5-7-16(8-6-15)26-13-11-25(12-14-26)10-2-9-24-20(27)19-17(22)3-1-4-18(19)23/h1,3-8H,2,9-14H2,(H,24,27). The third-order valence-electron chi connectivity index (χ3n) is 4.69. The smallest absolute Gasteiger partial charge is 0.255 e. The number of hydrogen-bond acceptors (Lipinski definition) is 3. The molecule has 4 nitrogen and oxygen atoms in total. The van der Waals surface area contributed by atoms with Crippen molar-refractivity contribution in [3.05, 3.63) is 63.9 Å². The number of benzene rings is 2. The number of nitrogens with zero attached hydrogens (tertiary/aromatic N) is 2. The average molecular weight is 410 g/mol.